The molecule has 0 radical (unpaired) electrons. The Hall–Kier alpha value is -2.17. The van der Waals surface area contributed by atoms with E-state index in [0.29, 0.717) is 33.8 Å². The molecule has 0 bridgehead atoms. The number of amides is 1. The van der Waals surface area contributed by atoms with Gasteiger partial charge in [-0.25, -0.2) is 9.37 Å². The van der Waals surface area contributed by atoms with Crippen LogP contribution in [0.5, 0.6) is 5.75 Å². The quantitative estimate of drug-likeness (QED) is 0.851. The molecular weight excluding hydrogens is 295 g/mol. The number of rotatable bonds is 2. The molecule has 4 nitrogen and oxygen atoms in total. The number of hydrogen-bond donors (Lipinski definition) is 0. The zero-order chi connectivity index (χ0) is 16.6. The van der Waals surface area contributed by atoms with Gasteiger partial charge in [-0.1, -0.05) is 6.92 Å². The number of pyridine rings is 1. The van der Waals surface area contributed by atoms with Crippen LogP contribution in [0.1, 0.15) is 35.8 Å². The summed E-state index contributed by atoms with van der Waals surface area (Å²) in [6.07, 6.45) is 2.03. The molecule has 1 aliphatic heterocycles. The van der Waals surface area contributed by atoms with Gasteiger partial charge in [-0.15, -0.1) is 0 Å². The summed E-state index contributed by atoms with van der Waals surface area (Å²) in [5.74, 6) is 0.717. The summed E-state index contributed by atoms with van der Waals surface area (Å²) >= 11 is 0. The molecule has 0 N–H and O–H groups in total. The van der Waals surface area contributed by atoms with E-state index in [4.69, 9.17) is 4.74 Å². The van der Waals surface area contributed by atoms with Gasteiger partial charge in [0.05, 0.1) is 12.6 Å². The maximum Gasteiger partial charge on any atom is 0.272 e. The van der Waals surface area contributed by atoms with Crippen molar-refractivity contribution >= 4 is 16.8 Å². The van der Waals surface area contributed by atoms with E-state index in [2.05, 4.69) is 11.9 Å². The van der Waals surface area contributed by atoms with Crippen LogP contribution in [-0.2, 0) is 0 Å². The molecule has 1 aromatic heterocycles. The first-order valence-corrected chi connectivity index (χ1v) is 7.93. The van der Waals surface area contributed by atoms with E-state index < -0.39 is 0 Å². The minimum atomic E-state index is -0.334. The Balaban J connectivity index is 2.03. The highest BCUT2D eigenvalue weighted by Gasteiger charge is 2.23. The lowest BCUT2D eigenvalue weighted by Gasteiger charge is -2.30. The van der Waals surface area contributed by atoms with Gasteiger partial charge in [-0.3, -0.25) is 4.79 Å². The van der Waals surface area contributed by atoms with Crippen LogP contribution in [0.25, 0.3) is 10.9 Å². The molecule has 122 valence electrons. The normalized spacial score (nSPS) is 15.9. The van der Waals surface area contributed by atoms with Crippen LogP contribution in [0.2, 0.25) is 0 Å². The molecule has 0 spiro atoms. The van der Waals surface area contributed by atoms with Gasteiger partial charge in [-0.2, -0.15) is 0 Å². The summed E-state index contributed by atoms with van der Waals surface area (Å²) in [6.45, 7) is 5.50. The van der Waals surface area contributed by atoms with Gasteiger partial charge in [0, 0.05) is 24.5 Å². The lowest BCUT2D eigenvalue weighted by Crippen LogP contribution is -2.38. The lowest BCUT2D eigenvalue weighted by molar-refractivity contribution is 0.0691. The Morgan fingerprint density at radius 1 is 1.30 bits per heavy atom. The third-order valence-electron chi connectivity index (χ3n) is 4.54. The Kier molecular flexibility index (Phi) is 4.20. The van der Waals surface area contributed by atoms with Crippen molar-refractivity contribution in [2.24, 2.45) is 5.92 Å². The molecule has 1 aromatic carbocycles. The van der Waals surface area contributed by atoms with E-state index in [1.165, 1.54) is 19.2 Å². The number of methoxy groups -OCH3 is 1. The molecule has 5 heteroatoms. The van der Waals surface area contributed by atoms with E-state index in [1.807, 2.05) is 4.90 Å². The number of likely N-dealkylation sites (tertiary alicyclic amines) is 1. The smallest absolute Gasteiger partial charge is 0.272 e. The predicted octanol–water partition coefficient (Wildman–Crippen LogP) is 3.56. The van der Waals surface area contributed by atoms with E-state index in [9.17, 15) is 9.18 Å². The highest BCUT2D eigenvalue weighted by Crippen LogP contribution is 2.29. The second-order valence-corrected chi connectivity index (χ2v) is 6.30. The first-order valence-electron chi connectivity index (χ1n) is 7.93. The number of aryl methyl sites for hydroxylation is 1. The van der Waals surface area contributed by atoms with Gasteiger partial charge < -0.3 is 9.64 Å². The fraction of sp³-hybridized carbons (Fsp3) is 0.444. The fourth-order valence-corrected chi connectivity index (χ4v) is 3.08. The van der Waals surface area contributed by atoms with Gasteiger partial charge in [0.25, 0.3) is 5.91 Å². The van der Waals surface area contributed by atoms with Crippen molar-refractivity contribution in [2.45, 2.75) is 26.7 Å². The molecule has 2 aromatic rings. The Bertz CT molecular complexity index is 752. The third-order valence-corrected chi connectivity index (χ3v) is 4.54. The zero-order valence-electron chi connectivity index (χ0n) is 13.7. The zero-order valence-corrected chi connectivity index (χ0v) is 13.7. The van der Waals surface area contributed by atoms with Crippen LogP contribution in [0, 0.1) is 18.7 Å². The lowest BCUT2D eigenvalue weighted by atomic mass is 9.99. The van der Waals surface area contributed by atoms with E-state index in [-0.39, 0.29) is 11.7 Å². The highest BCUT2D eigenvalue weighted by atomic mass is 19.1. The monoisotopic (exact) mass is 316 g/mol. The SMILES string of the molecule is COc1cc(C(=O)N2CCC(C)CC2)nc2c(C)cc(F)cc12. The average molecular weight is 316 g/mol. The van der Waals surface area contributed by atoms with Crippen molar-refractivity contribution in [1.29, 1.82) is 0 Å². The minimum Gasteiger partial charge on any atom is -0.496 e. The minimum absolute atomic E-state index is 0.0826. The fourth-order valence-electron chi connectivity index (χ4n) is 3.08. The van der Waals surface area contributed by atoms with Gasteiger partial charge in [0.1, 0.15) is 17.3 Å². The van der Waals surface area contributed by atoms with E-state index in [1.54, 1.807) is 13.0 Å². The third kappa shape index (κ3) is 3.00. The first kappa shape index (κ1) is 15.7. The molecule has 2 heterocycles. The molecule has 0 saturated carbocycles. The number of fused-ring (bicyclic) bond motifs is 1. The molecule has 1 saturated heterocycles. The van der Waals surface area contributed by atoms with Crippen molar-refractivity contribution in [2.75, 3.05) is 20.2 Å². The summed E-state index contributed by atoms with van der Waals surface area (Å²) in [4.78, 5) is 19.1. The summed E-state index contributed by atoms with van der Waals surface area (Å²) in [6, 6.07) is 4.43. The Morgan fingerprint density at radius 2 is 2.00 bits per heavy atom. The van der Waals surface area contributed by atoms with Gasteiger partial charge in [0.2, 0.25) is 0 Å². The summed E-state index contributed by atoms with van der Waals surface area (Å²) in [5.41, 5.74) is 1.67. The van der Waals surface area contributed by atoms with Crippen LogP contribution in [0.4, 0.5) is 4.39 Å². The van der Waals surface area contributed by atoms with E-state index >= 15 is 0 Å². The van der Waals surface area contributed by atoms with Gasteiger partial charge in [-0.05, 0) is 43.4 Å². The molecule has 1 aliphatic rings. The van der Waals surface area contributed by atoms with Gasteiger partial charge >= 0.3 is 0 Å². The second-order valence-electron chi connectivity index (χ2n) is 6.30. The van der Waals surface area contributed by atoms with Crippen molar-refractivity contribution < 1.29 is 13.9 Å². The first-order chi connectivity index (χ1) is 11.0. The molecule has 0 unspecified atom stereocenters. The number of carbonyl (C=O) groups is 1. The van der Waals surface area contributed by atoms with Crippen molar-refractivity contribution in [1.82, 2.24) is 9.88 Å². The number of halogens is 1. The van der Waals surface area contributed by atoms with Gasteiger partial charge in [0.15, 0.2) is 0 Å². The van der Waals surface area contributed by atoms with Crippen molar-refractivity contribution in [3.63, 3.8) is 0 Å². The number of ether oxygens (including phenoxy) is 1. The number of nitrogens with zero attached hydrogens (tertiary/aromatic N) is 2. The maximum absolute atomic E-state index is 13.6. The number of hydrogen-bond acceptors (Lipinski definition) is 3. The van der Waals surface area contributed by atoms with Crippen molar-refractivity contribution in [3.8, 4) is 5.75 Å². The number of benzene rings is 1. The summed E-state index contributed by atoms with van der Waals surface area (Å²) < 4.78 is 19.0. The topological polar surface area (TPSA) is 42.4 Å². The van der Waals surface area contributed by atoms with Crippen LogP contribution < -0.4 is 4.74 Å². The molecule has 1 fully saturated rings. The number of piperidine rings is 1. The largest absolute Gasteiger partial charge is 0.496 e. The molecule has 3 rings (SSSR count). The van der Waals surface area contributed by atoms with Crippen molar-refractivity contribution in [3.05, 3.63) is 35.3 Å². The standard InChI is InChI=1S/C18H21FN2O2/c1-11-4-6-21(7-5-11)18(22)15-10-16(23-3)14-9-13(19)8-12(2)17(14)20-15/h8-11H,4-7H2,1-3H3. The van der Waals surface area contributed by atoms with Crippen LogP contribution in [0.3, 0.4) is 0 Å². The van der Waals surface area contributed by atoms with Crippen LogP contribution in [0.15, 0.2) is 18.2 Å². The predicted molar refractivity (Wildman–Crippen MR) is 87.3 cm³/mol. The average Bonchev–Trinajstić information content (AvgIpc) is 2.54. The molecule has 23 heavy (non-hydrogen) atoms. The molecule has 0 aliphatic carbocycles. The molecule has 1 amide bonds. The number of aromatic nitrogens is 1. The highest BCUT2D eigenvalue weighted by molar-refractivity contribution is 5.97. The number of carbonyl (C=O) groups excluding carboxylic acids is 1. The van der Waals surface area contributed by atoms with E-state index in [0.717, 1.165) is 25.9 Å². The second kappa shape index (κ2) is 6.14. The maximum atomic E-state index is 13.6. The Morgan fingerprint density at radius 3 is 2.65 bits per heavy atom. The summed E-state index contributed by atoms with van der Waals surface area (Å²) in [5, 5.41) is 0.591. The van der Waals surface area contributed by atoms with Crippen LogP contribution in [-0.4, -0.2) is 36.0 Å². The Labute approximate surface area is 135 Å². The molecular formula is C18H21FN2O2. The molecule has 0 atom stereocenters. The summed E-state index contributed by atoms with van der Waals surface area (Å²) in [7, 11) is 1.52. The van der Waals surface area contributed by atoms with Crippen LogP contribution >= 0.6 is 0 Å².